The van der Waals surface area contributed by atoms with Gasteiger partial charge in [-0.2, -0.15) is 5.10 Å². The summed E-state index contributed by atoms with van der Waals surface area (Å²) in [5.74, 6) is -1.38. The van der Waals surface area contributed by atoms with Gasteiger partial charge in [-0.1, -0.05) is 0 Å². The highest BCUT2D eigenvalue weighted by Gasteiger charge is 2.33. The van der Waals surface area contributed by atoms with Gasteiger partial charge in [0.05, 0.1) is 23.0 Å². The fraction of sp³-hybridized carbons (Fsp3) is 0.700. The number of nitrogens with zero attached hydrogens (tertiary/aromatic N) is 3. The Balaban J connectivity index is 1.92. The Morgan fingerprint density at radius 2 is 1.90 bits per heavy atom. The second kappa shape index (κ2) is 8.84. The van der Waals surface area contributed by atoms with Gasteiger partial charge in [0, 0.05) is 20.1 Å². The van der Waals surface area contributed by atoms with Crippen molar-refractivity contribution in [2.24, 2.45) is 13.0 Å². The van der Waals surface area contributed by atoms with Crippen molar-refractivity contribution in [3.63, 3.8) is 0 Å². The predicted octanol–water partition coefficient (Wildman–Crippen LogP) is 2.55. The van der Waals surface area contributed by atoms with Crippen molar-refractivity contribution in [2.45, 2.75) is 66.1 Å². The molecule has 162 valence electrons. The molecule has 1 saturated heterocycles. The van der Waals surface area contributed by atoms with Crippen LogP contribution in [-0.2, 0) is 26.1 Å². The number of piperidine rings is 1. The van der Waals surface area contributed by atoms with E-state index in [1.54, 1.807) is 39.4 Å². The van der Waals surface area contributed by atoms with Gasteiger partial charge in [0.2, 0.25) is 0 Å². The monoisotopic (exact) mass is 408 g/mol. The van der Waals surface area contributed by atoms with E-state index < -0.39 is 35.6 Å². The minimum Gasteiger partial charge on any atom is -0.452 e. The maximum atomic E-state index is 12.6. The van der Waals surface area contributed by atoms with Crippen molar-refractivity contribution in [3.05, 3.63) is 11.4 Å². The van der Waals surface area contributed by atoms with Crippen LogP contribution in [0.2, 0.25) is 0 Å². The molecule has 0 spiro atoms. The molecule has 9 heteroatoms. The first-order chi connectivity index (χ1) is 13.4. The molecular formula is C20H32N4O5. The third-order valence-corrected chi connectivity index (χ3v) is 4.83. The predicted molar refractivity (Wildman–Crippen MR) is 107 cm³/mol. The van der Waals surface area contributed by atoms with Gasteiger partial charge in [-0.3, -0.25) is 14.3 Å². The molecule has 2 amide bonds. The first kappa shape index (κ1) is 22.7. The normalized spacial score (nSPS) is 18.2. The fourth-order valence-electron chi connectivity index (χ4n) is 3.17. The van der Waals surface area contributed by atoms with Crippen molar-refractivity contribution in [2.75, 3.05) is 18.4 Å². The summed E-state index contributed by atoms with van der Waals surface area (Å²) in [4.78, 5) is 38.8. The number of hydrogen-bond acceptors (Lipinski definition) is 6. The van der Waals surface area contributed by atoms with Crippen LogP contribution >= 0.6 is 0 Å². The van der Waals surface area contributed by atoms with Gasteiger partial charge >= 0.3 is 12.1 Å². The molecule has 2 unspecified atom stereocenters. The fourth-order valence-corrected chi connectivity index (χ4v) is 3.17. The number of ether oxygens (including phenoxy) is 2. The van der Waals surface area contributed by atoms with E-state index >= 15 is 0 Å². The Bertz CT molecular complexity index is 781. The zero-order valence-electron chi connectivity index (χ0n) is 18.4. The van der Waals surface area contributed by atoms with Gasteiger partial charge in [0.1, 0.15) is 5.60 Å². The summed E-state index contributed by atoms with van der Waals surface area (Å²) in [7, 11) is 1.79. The lowest BCUT2D eigenvalue weighted by Gasteiger charge is -2.33. The number of aromatic nitrogens is 2. The molecule has 2 atom stereocenters. The van der Waals surface area contributed by atoms with Crippen LogP contribution in [0.3, 0.4) is 0 Å². The van der Waals surface area contributed by atoms with E-state index in [1.165, 1.54) is 11.8 Å². The van der Waals surface area contributed by atoms with Crippen LogP contribution in [0.4, 0.5) is 10.5 Å². The number of nitrogens with one attached hydrogen (secondary N) is 1. The standard InChI is InChI=1S/C20H32N4O5/c1-12-16(13(2)23(7)22-12)21-17(25)14(3)28-18(26)15-9-8-10-24(11-15)19(27)29-20(4,5)6/h14-15H,8-11H2,1-7H3,(H,21,25). The zero-order valence-corrected chi connectivity index (χ0v) is 18.4. The van der Waals surface area contributed by atoms with E-state index in [2.05, 4.69) is 10.4 Å². The first-order valence-corrected chi connectivity index (χ1v) is 9.88. The van der Waals surface area contributed by atoms with Gasteiger partial charge < -0.3 is 19.7 Å². The van der Waals surface area contributed by atoms with Crippen molar-refractivity contribution in [1.82, 2.24) is 14.7 Å². The van der Waals surface area contributed by atoms with Crippen molar-refractivity contribution < 1.29 is 23.9 Å². The molecular weight excluding hydrogens is 376 g/mol. The summed E-state index contributed by atoms with van der Waals surface area (Å²) in [5, 5.41) is 7.03. The van der Waals surface area contributed by atoms with Gasteiger partial charge in [0.15, 0.2) is 6.10 Å². The highest BCUT2D eigenvalue weighted by molar-refractivity contribution is 5.96. The number of hydrogen-bond donors (Lipinski definition) is 1. The highest BCUT2D eigenvalue weighted by Crippen LogP contribution is 2.22. The van der Waals surface area contributed by atoms with E-state index in [0.717, 1.165) is 5.69 Å². The van der Waals surface area contributed by atoms with Gasteiger partial charge in [-0.25, -0.2) is 4.79 Å². The Labute approximate surface area is 171 Å². The smallest absolute Gasteiger partial charge is 0.410 e. The van der Waals surface area contributed by atoms with Gasteiger partial charge in [-0.05, 0) is 54.4 Å². The summed E-state index contributed by atoms with van der Waals surface area (Å²) in [5.41, 5.74) is 1.53. The average molecular weight is 408 g/mol. The molecule has 9 nitrogen and oxygen atoms in total. The van der Waals surface area contributed by atoms with E-state index in [0.29, 0.717) is 30.8 Å². The van der Waals surface area contributed by atoms with Crippen molar-refractivity contribution in [1.29, 1.82) is 0 Å². The maximum Gasteiger partial charge on any atom is 0.410 e. The Hall–Kier alpha value is -2.58. The maximum absolute atomic E-state index is 12.6. The first-order valence-electron chi connectivity index (χ1n) is 9.88. The number of carbonyl (C=O) groups excluding carboxylic acids is 3. The molecule has 1 aromatic rings. The van der Waals surface area contributed by atoms with Crippen LogP contribution in [0.5, 0.6) is 0 Å². The van der Waals surface area contributed by atoms with Crippen LogP contribution in [0, 0.1) is 19.8 Å². The topological polar surface area (TPSA) is 103 Å². The van der Waals surface area contributed by atoms with Crippen LogP contribution < -0.4 is 5.32 Å². The third-order valence-electron chi connectivity index (χ3n) is 4.83. The Kier molecular flexibility index (Phi) is 6.92. The molecule has 0 aromatic carbocycles. The summed E-state index contributed by atoms with van der Waals surface area (Å²) in [6.45, 7) is 11.3. The van der Waals surface area contributed by atoms with Crippen LogP contribution in [0.15, 0.2) is 0 Å². The molecule has 29 heavy (non-hydrogen) atoms. The number of carbonyl (C=O) groups is 3. The molecule has 0 radical (unpaired) electrons. The van der Waals surface area contributed by atoms with Crippen LogP contribution in [0.1, 0.15) is 51.9 Å². The molecule has 2 heterocycles. The minimum atomic E-state index is -0.960. The lowest BCUT2D eigenvalue weighted by Crippen LogP contribution is -2.45. The molecule has 1 aliphatic rings. The zero-order chi connectivity index (χ0) is 21.9. The van der Waals surface area contributed by atoms with E-state index in [4.69, 9.17) is 9.47 Å². The Morgan fingerprint density at radius 1 is 1.24 bits per heavy atom. The molecule has 1 fully saturated rings. The number of esters is 1. The number of anilines is 1. The number of likely N-dealkylation sites (tertiary alicyclic amines) is 1. The summed E-state index contributed by atoms with van der Waals surface area (Å²) < 4.78 is 12.4. The largest absolute Gasteiger partial charge is 0.452 e. The van der Waals surface area contributed by atoms with Gasteiger partial charge in [0.25, 0.3) is 5.91 Å². The van der Waals surface area contributed by atoms with Crippen LogP contribution in [-0.4, -0.2) is 57.4 Å². The number of amides is 2. The molecule has 1 N–H and O–H groups in total. The molecule has 1 aliphatic heterocycles. The molecule has 0 saturated carbocycles. The van der Waals surface area contributed by atoms with Crippen molar-refractivity contribution >= 4 is 23.7 Å². The summed E-state index contributed by atoms with van der Waals surface area (Å²) >= 11 is 0. The number of aryl methyl sites for hydroxylation is 2. The summed E-state index contributed by atoms with van der Waals surface area (Å²) in [6, 6.07) is 0. The quantitative estimate of drug-likeness (QED) is 0.768. The summed E-state index contributed by atoms with van der Waals surface area (Å²) in [6.07, 6.45) is -0.122. The van der Waals surface area contributed by atoms with E-state index in [-0.39, 0.29) is 6.54 Å². The lowest BCUT2D eigenvalue weighted by atomic mass is 9.98. The average Bonchev–Trinajstić information content (AvgIpc) is 2.86. The molecule has 2 rings (SSSR count). The van der Waals surface area contributed by atoms with Crippen molar-refractivity contribution in [3.8, 4) is 0 Å². The SMILES string of the molecule is Cc1nn(C)c(C)c1NC(=O)C(C)OC(=O)C1CCCN(C(=O)OC(C)(C)C)C1. The molecule has 0 aliphatic carbocycles. The second-order valence-electron chi connectivity index (χ2n) is 8.50. The van der Waals surface area contributed by atoms with E-state index in [9.17, 15) is 14.4 Å². The highest BCUT2D eigenvalue weighted by atomic mass is 16.6. The molecule has 1 aromatic heterocycles. The van der Waals surface area contributed by atoms with Gasteiger partial charge in [-0.15, -0.1) is 0 Å². The lowest BCUT2D eigenvalue weighted by molar-refractivity contribution is -0.158. The Morgan fingerprint density at radius 3 is 2.45 bits per heavy atom. The minimum absolute atomic E-state index is 0.225. The number of rotatable bonds is 4. The third kappa shape index (κ3) is 5.95. The molecule has 0 bridgehead atoms. The van der Waals surface area contributed by atoms with E-state index in [1.807, 2.05) is 6.92 Å². The second-order valence-corrected chi connectivity index (χ2v) is 8.50. The van der Waals surface area contributed by atoms with Crippen LogP contribution in [0.25, 0.3) is 0 Å².